The first-order chi connectivity index (χ1) is 3.35. The fraction of sp³-hybridized carbons (Fsp3) is 0. The SMILES string of the molecule is N#[C][Au]([C]#N)[C]#N.[Au]. The average molecular weight is 472 g/mol. The summed E-state index contributed by atoms with van der Waals surface area (Å²) < 4.78 is 4.88. The predicted octanol–water partition coefficient (Wildman–Crippen LogP) is 0.0453. The van der Waals surface area contributed by atoms with Gasteiger partial charge in [-0.3, -0.25) is 0 Å². The number of rotatable bonds is 0. The average Bonchev–Trinajstić information content (AvgIpc) is 1.72. The van der Waals surface area contributed by atoms with Gasteiger partial charge in [-0.15, -0.1) is 0 Å². The summed E-state index contributed by atoms with van der Waals surface area (Å²) in [5.74, 6) is 0. The number of hydrogen-bond acceptors (Lipinski definition) is 3. The molecule has 0 N–H and O–H groups in total. The Balaban J connectivity index is 0. The molecule has 0 amide bonds. The van der Waals surface area contributed by atoms with Crippen LogP contribution in [-0.2, 0) is 40.8 Å². The minimum atomic E-state index is -2.33. The fourth-order valence-corrected chi connectivity index (χ4v) is 0.370. The Hall–Kier alpha value is -0.0495. The van der Waals surface area contributed by atoms with Gasteiger partial charge in [0.15, 0.2) is 0 Å². The summed E-state index contributed by atoms with van der Waals surface area (Å²) >= 11 is -2.33. The smallest absolute Gasteiger partial charge is 0 e. The van der Waals surface area contributed by atoms with Crippen LogP contribution < -0.4 is 0 Å². The summed E-state index contributed by atoms with van der Waals surface area (Å²) in [5.41, 5.74) is 0. The van der Waals surface area contributed by atoms with Crippen molar-refractivity contribution >= 4 is 0 Å². The maximum atomic E-state index is 7.90. The van der Waals surface area contributed by atoms with E-state index in [0.717, 1.165) is 0 Å². The van der Waals surface area contributed by atoms with Gasteiger partial charge < -0.3 is 0 Å². The summed E-state index contributed by atoms with van der Waals surface area (Å²) in [6, 6.07) is 0. The van der Waals surface area contributed by atoms with Crippen LogP contribution in [0.15, 0.2) is 0 Å². The summed E-state index contributed by atoms with van der Waals surface area (Å²) in [7, 11) is 0. The summed E-state index contributed by atoms with van der Waals surface area (Å²) in [6.45, 7) is 0. The van der Waals surface area contributed by atoms with Gasteiger partial charge in [-0.05, 0) is 0 Å². The first-order valence-corrected chi connectivity index (χ1v) is 4.37. The van der Waals surface area contributed by atoms with Crippen LogP contribution in [0.4, 0.5) is 0 Å². The van der Waals surface area contributed by atoms with Gasteiger partial charge in [-0.1, -0.05) is 0 Å². The number of nitriles is 3. The van der Waals surface area contributed by atoms with Gasteiger partial charge >= 0.3 is 47.1 Å². The van der Waals surface area contributed by atoms with Crippen molar-refractivity contribution in [2.45, 2.75) is 0 Å². The third kappa shape index (κ3) is 4.12. The Kier molecular flexibility index (Phi) is 9.42. The van der Waals surface area contributed by atoms with E-state index in [-0.39, 0.29) is 22.4 Å². The van der Waals surface area contributed by atoms with Crippen molar-refractivity contribution < 1.29 is 40.8 Å². The van der Waals surface area contributed by atoms with E-state index in [1.54, 1.807) is 12.9 Å². The molecule has 8 heavy (non-hydrogen) atoms. The molecule has 0 bridgehead atoms. The van der Waals surface area contributed by atoms with Crippen molar-refractivity contribution in [2.24, 2.45) is 0 Å². The normalized spacial score (nSPS) is 6.38. The van der Waals surface area contributed by atoms with E-state index in [2.05, 4.69) is 0 Å². The van der Waals surface area contributed by atoms with Crippen LogP contribution in [0, 0.1) is 28.6 Å². The first-order valence-electron chi connectivity index (χ1n) is 1.12. The molecule has 1 radical (unpaired) electrons. The van der Waals surface area contributed by atoms with Crippen molar-refractivity contribution in [3.8, 4) is 12.9 Å². The standard InChI is InChI=1S/3CN.2Au/c3*1-2;;. The van der Waals surface area contributed by atoms with Gasteiger partial charge in [0.05, 0.1) is 0 Å². The second-order valence-corrected chi connectivity index (χ2v) is 3.51. The zero-order valence-electron chi connectivity index (χ0n) is 3.44. The van der Waals surface area contributed by atoms with Crippen molar-refractivity contribution in [1.29, 1.82) is 15.8 Å². The Labute approximate surface area is 69.1 Å². The van der Waals surface area contributed by atoms with Crippen molar-refractivity contribution in [3.63, 3.8) is 0 Å². The molecule has 0 aliphatic heterocycles. The van der Waals surface area contributed by atoms with E-state index in [1.807, 2.05) is 0 Å². The second kappa shape index (κ2) is 6.95. The topological polar surface area (TPSA) is 71.4 Å². The van der Waals surface area contributed by atoms with E-state index in [4.69, 9.17) is 15.8 Å². The molecule has 3 nitrogen and oxygen atoms in total. The van der Waals surface area contributed by atoms with E-state index in [1.165, 1.54) is 0 Å². The van der Waals surface area contributed by atoms with E-state index in [9.17, 15) is 0 Å². The van der Waals surface area contributed by atoms with Crippen LogP contribution in [0.1, 0.15) is 0 Å². The van der Waals surface area contributed by atoms with Gasteiger partial charge in [-0.25, -0.2) is 0 Å². The van der Waals surface area contributed by atoms with Crippen molar-refractivity contribution in [1.82, 2.24) is 0 Å². The van der Waals surface area contributed by atoms with Crippen LogP contribution >= 0.6 is 0 Å². The third-order valence-electron chi connectivity index (χ3n) is 0.202. The van der Waals surface area contributed by atoms with E-state index < -0.39 is 18.4 Å². The summed E-state index contributed by atoms with van der Waals surface area (Å²) in [5, 5.41) is 23.7. The molecule has 0 aromatic heterocycles. The van der Waals surface area contributed by atoms with E-state index >= 15 is 0 Å². The van der Waals surface area contributed by atoms with Gasteiger partial charge in [-0.2, -0.15) is 0 Å². The van der Waals surface area contributed by atoms with Gasteiger partial charge in [0, 0.05) is 22.4 Å². The second-order valence-electron chi connectivity index (χ2n) is 0.428. The third-order valence-corrected chi connectivity index (χ3v) is 1.66. The number of hydrogen-bond donors (Lipinski definition) is 0. The molecule has 0 spiro atoms. The molecule has 0 fully saturated rings. The van der Waals surface area contributed by atoms with E-state index in [0.29, 0.717) is 0 Å². The van der Waals surface area contributed by atoms with Crippen LogP contribution in [0.3, 0.4) is 0 Å². The molecule has 0 saturated heterocycles. The monoisotopic (exact) mass is 472 g/mol. The Bertz CT molecular complexity index is 135. The zero-order valence-corrected chi connectivity index (χ0v) is 7.78. The Morgan fingerprint density at radius 2 is 1.12 bits per heavy atom. The Morgan fingerprint density at radius 1 is 0.875 bits per heavy atom. The quantitative estimate of drug-likeness (QED) is 0.468. The zero-order chi connectivity index (χ0) is 5.70. The molecule has 0 saturated carbocycles. The van der Waals surface area contributed by atoms with Crippen LogP contribution in [0.5, 0.6) is 0 Å². The molecule has 0 atom stereocenters. The van der Waals surface area contributed by atoms with Gasteiger partial charge in [0.2, 0.25) is 0 Å². The molecular formula is C3Au2N3. The molecule has 0 unspecified atom stereocenters. The molecule has 0 aliphatic carbocycles. The molecule has 49 valence electrons. The maximum absolute atomic E-state index is 7.90. The van der Waals surface area contributed by atoms with Crippen LogP contribution in [0.25, 0.3) is 0 Å². The number of nitrogens with zero attached hydrogens (tertiary/aromatic N) is 3. The first kappa shape index (κ1) is 10.8. The molecule has 0 aromatic carbocycles. The molecule has 5 heteroatoms. The largest absolute Gasteiger partial charge is 0 e. The summed E-state index contributed by atoms with van der Waals surface area (Å²) in [6.07, 6.45) is 0. The fourth-order valence-electron chi connectivity index (χ4n) is 0.0452. The van der Waals surface area contributed by atoms with Gasteiger partial charge in [0.25, 0.3) is 0 Å². The maximum Gasteiger partial charge on any atom is 0 e. The van der Waals surface area contributed by atoms with Crippen molar-refractivity contribution in [3.05, 3.63) is 0 Å². The molecule has 0 heterocycles. The van der Waals surface area contributed by atoms with Crippen LogP contribution in [-0.4, -0.2) is 0 Å². The minimum absolute atomic E-state index is 0. The molecule has 0 rings (SSSR count). The summed E-state index contributed by atoms with van der Waals surface area (Å²) in [4.78, 5) is 0. The minimum Gasteiger partial charge on any atom is 0 e. The molecule has 0 aromatic rings. The van der Waals surface area contributed by atoms with Crippen molar-refractivity contribution in [2.75, 3.05) is 0 Å². The van der Waals surface area contributed by atoms with Crippen LogP contribution in [0.2, 0.25) is 0 Å². The molecule has 0 aliphatic rings. The Morgan fingerprint density at radius 3 is 1.12 bits per heavy atom. The van der Waals surface area contributed by atoms with Gasteiger partial charge in [0.1, 0.15) is 0 Å². The predicted molar refractivity (Wildman–Crippen MR) is 16.8 cm³/mol. The molecular weight excluding hydrogens is 472 g/mol.